The summed E-state index contributed by atoms with van der Waals surface area (Å²) in [7, 11) is -3.91. The maximum absolute atomic E-state index is 13.8. The van der Waals surface area contributed by atoms with Crippen LogP contribution in [0.4, 0.5) is 0 Å². The molecule has 1 aromatic heterocycles. The molecule has 4 rings (SSSR count). The molecular weight excluding hydrogens is 504 g/mol. The Labute approximate surface area is 224 Å². The first-order chi connectivity index (χ1) is 17.9. The summed E-state index contributed by atoms with van der Waals surface area (Å²) in [5, 5.41) is 1.03. The lowest BCUT2D eigenvalue weighted by Gasteiger charge is -2.24. The molecule has 0 amide bonds. The highest BCUT2D eigenvalue weighted by Crippen LogP contribution is 2.55. The van der Waals surface area contributed by atoms with Crippen LogP contribution in [0.5, 0.6) is 0 Å². The van der Waals surface area contributed by atoms with Gasteiger partial charge in [0, 0.05) is 36.1 Å². The molecule has 1 fully saturated rings. The summed E-state index contributed by atoms with van der Waals surface area (Å²) in [6, 6.07) is 14.5. The molecule has 1 heterocycles. The number of aryl methyl sites for hydroxylation is 1. The molecule has 3 aromatic rings. The lowest BCUT2D eigenvalue weighted by atomic mass is 10.0. The van der Waals surface area contributed by atoms with Crippen LogP contribution in [-0.2, 0) is 35.5 Å². The van der Waals surface area contributed by atoms with Crippen molar-refractivity contribution in [2.24, 2.45) is 11.3 Å². The predicted molar refractivity (Wildman–Crippen MR) is 145 cm³/mol. The standard InChI is InChI=1S/C29H36N2O6S/c1-19(2)36-27(32)29(28(33)37-20(3)4)16-23(29)18-31(38(34,35)24-12-10-21(5)11-13-24)15-14-22-17-30-26-9-7-6-8-25(22)26/h6-13,17,19-20,23,30H,14-16,18H2,1-5H3. The second-order valence-corrected chi connectivity index (χ2v) is 12.5. The fourth-order valence-electron chi connectivity index (χ4n) is 4.77. The number of rotatable bonds is 11. The van der Waals surface area contributed by atoms with Crippen LogP contribution in [0.15, 0.2) is 59.6 Å². The highest BCUT2D eigenvalue weighted by Gasteiger charge is 2.69. The number of para-hydroxylation sites is 1. The van der Waals surface area contributed by atoms with Gasteiger partial charge in [-0.15, -0.1) is 0 Å². The van der Waals surface area contributed by atoms with E-state index in [4.69, 9.17) is 9.47 Å². The van der Waals surface area contributed by atoms with Crippen molar-refractivity contribution in [2.75, 3.05) is 13.1 Å². The number of H-pyrrole nitrogens is 1. The zero-order chi connectivity index (χ0) is 27.7. The number of esters is 2. The largest absolute Gasteiger partial charge is 0.462 e. The van der Waals surface area contributed by atoms with E-state index in [-0.39, 0.29) is 24.4 Å². The molecule has 1 aliphatic carbocycles. The molecule has 1 N–H and O–H groups in total. The zero-order valence-corrected chi connectivity index (χ0v) is 23.4. The molecule has 1 saturated carbocycles. The predicted octanol–water partition coefficient (Wildman–Crippen LogP) is 4.62. The molecule has 204 valence electrons. The van der Waals surface area contributed by atoms with Crippen molar-refractivity contribution in [3.05, 3.63) is 65.9 Å². The maximum Gasteiger partial charge on any atom is 0.324 e. The molecule has 0 radical (unpaired) electrons. The Morgan fingerprint density at radius 1 is 1.00 bits per heavy atom. The van der Waals surface area contributed by atoms with Gasteiger partial charge in [-0.3, -0.25) is 9.59 Å². The fourth-order valence-corrected chi connectivity index (χ4v) is 6.26. The number of benzene rings is 2. The fraction of sp³-hybridized carbons (Fsp3) is 0.448. The maximum atomic E-state index is 13.8. The molecule has 9 heteroatoms. The number of aromatic amines is 1. The normalized spacial score (nSPS) is 16.8. The Kier molecular flexibility index (Phi) is 7.99. The lowest BCUT2D eigenvalue weighted by molar-refractivity contribution is -0.170. The van der Waals surface area contributed by atoms with Crippen molar-refractivity contribution in [2.45, 2.75) is 64.6 Å². The number of nitrogens with one attached hydrogen (secondary N) is 1. The van der Waals surface area contributed by atoms with Crippen molar-refractivity contribution in [1.29, 1.82) is 0 Å². The van der Waals surface area contributed by atoms with Crippen LogP contribution >= 0.6 is 0 Å². The van der Waals surface area contributed by atoms with E-state index in [1.165, 1.54) is 4.31 Å². The van der Waals surface area contributed by atoms with E-state index in [0.717, 1.165) is 22.0 Å². The molecule has 2 aromatic carbocycles. The molecule has 0 spiro atoms. The number of carbonyl (C=O) groups excluding carboxylic acids is 2. The number of carbonyl (C=O) groups is 2. The summed E-state index contributed by atoms with van der Waals surface area (Å²) in [6.07, 6.45) is 1.70. The summed E-state index contributed by atoms with van der Waals surface area (Å²) in [6.45, 7) is 8.93. The van der Waals surface area contributed by atoms with Crippen LogP contribution in [0.3, 0.4) is 0 Å². The number of fused-ring (bicyclic) bond motifs is 1. The van der Waals surface area contributed by atoms with Crippen molar-refractivity contribution < 1.29 is 27.5 Å². The Morgan fingerprint density at radius 3 is 2.21 bits per heavy atom. The molecule has 0 aliphatic heterocycles. The van der Waals surface area contributed by atoms with Crippen LogP contribution in [-0.4, -0.2) is 54.9 Å². The quantitative estimate of drug-likeness (QED) is 0.281. The first kappa shape index (κ1) is 27.9. The average Bonchev–Trinajstić information content (AvgIpc) is 3.45. The van der Waals surface area contributed by atoms with Crippen LogP contribution in [0.2, 0.25) is 0 Å². The van der Waals surface area contributed by atoms with Crippen molar-refractivity contribution in [1.82, 2.24) is 9.29 Å². The highest BCUT2D eigenvalue weighted by atomic mass is 32.2. The molecule has 0 saturated heterocycles. The van der Waals surface area contributed by atoms with E-state index >= 15 is 0 Å². The van der Waals surface area contributed by atoms with Crippen molar-refractivity contribution >= 4 is 32.9 Å². The van der Waals surface area contributed by atoms with Crippen molar-refractivity contribution in [3.8, 4) is 0 Å². The van der Waals surface area contributed by atoms with Gasteiger partial charge in [-0.2, -0.15) is 4.31 Å². The third-order valence-corrected chi connectivity index (χ3v) is 8.79. The summed E-state index contributed by atoms with van der Waals surface area (Å²) in [5.41, 5.74) is 1.41. The first-order valence-electron chi connectivity index (χ1n) is 13.0. The minimum absolute atomic E-state index is 0.00104. The molecule has 0 bridgehead atoms. The van der Waals surface area contributed by atoms with Crippen LogP contribution in [0.1, 0.15) is 45.2 Å². The van der Waals surface area contributed by atoms with E-state index in [1.807, 2.05) is 37.4 Å². The number of aromatic nitrogens is 1. The molecule has 38 heavy (non-hydrogen) atoms. The van der Waals surface area contributed by atoms with Crippen LogP contribution < -0.4 is 0 Å². The van der Waals surface area contributed by atoms with Crippen molar-refractivity contribution in [3.63, 3.8) is 0 Å². The topological polar surface area (TPSA) is 106 Å². The molecule has 1 aliphatic rings. The molecule has 1 atom stereocenters. The SMILES string of the molecule is Cc1ccc(S(=O)(=O)N(CCc2c[nH]c3ccccc23)CC2CC2(C(=O)OC(C)C)C(=O)OC(C)C)cc1. The Morgan fingerprint density at radius 2 is 1.61 bits per heavy atom. The van der Waals surface area contributed by atoms with Crippen LogP contribution in [0, 0.1) is 18.3 Å². The van der Waals surface area contributed by atoms with Gasteiger partial charge < -0.3 is 14.5 Å². The third kappa shape index (κ3) is 5.63. The van der Waals surface area contributed by atoms with E-state index in [9.17, 15) is 18.0 Å². The minimum Gasteiger partial charge on any atom is -0.462 e. The van der Waals surface area contributed by atoms with Gasteiger partial charge >= 0.3 is 11.9 Å². The second kappa shape index (κ2) is 10.9. The second-order valence-electron chi connectivity index (χ2n) is 10.6. The Balaban J connectivity index is 1.64. The molecule has 1 unspecified atom stereocenters. The monoisotopic (exact) mass is 540 g/mol. The van der Waals surface area contributed by atoms with Gasteiger partial charge in [-0.05, 0) is 71.2 Å². The lowest BCUT2D eigenvalue weighted by Crippen LogP contribution is -2.39. The third-order valence-electron chi connectivity index (χ3n) is 6.91. The van der Waals surface area contributed by atoms with E-state index < -0.39 is 45.5 Å². The van der Waals surface area contributed by atoms with E-state index in [1.54, 1.807) is 52.0 Å². The summed E-state index contributed by atoms with van der Waals surface area (Å²) in [4.78, 5) is 29.6. The number of nitrogens with zero attached hydrogens (tertiary/aromatic N) is 1. The zero-order valence-electron chi connectivity index (χ0n) is 22.6. The van der Waals surface area contributed by atoms with E-state index in [2.05, 4.69) is 4.98 Å². The smallest absolute Gasteiger partial charge is 0.324 e. The van der Waals surface area contributed by atoms with Crippen LogP contribution in [0.25, 0.3) is 10.9 Å². The van der Waals surface area contributed by atoms with Gasteiger partial charge in [0.15, 0.2) is 5.41 Å². The number of hydrogen-bond acceptors (Lipinski definition) is 6. The van der Waals surface area contributed by atoms with Gasteiger partial charge in [0.25, 0.3) is 0 Å². The number of ether oxygens (including phenoxy) is 2. The van der Waals surface area contributed by atoms with Gasteiger partial charge in [0.2, 0.25) is 10.0 Å². The Hall–Kier alpha value is -3.17. The van der Waals surface area contributed by atoms with Gasteiger partial charge in [-0.1, -0.05) is 35.9 Å². The minimum atomic E-state index is -3.91. The summed E-state index contributed by atoms with van der Waals surface area (Å²) < 4.78 is 39.9. The summed E-state index contributed by atoms with van der Waals surface area (Å²) in [5.74, 6) is -1.87. The highest BCUT2D eigenvalue weighted by molar-refractivity contribution is 7.89. The van der Waals surface area contributed by atoms with Gasteiger partial charge in [0.1, 0.15) is 0 Å². The molecular formula is C29H36N2O6S. The molecule has 8 nitrogen and oxygen atoms in total. The first-order valence-corrected chi connectivity index (χ1v) is 14.4. The van der Waals surface area contributed by atoms with Gasteiger partial charge in [-0.25, -0.2) is 8.42 Å². The summed E-state index contributed by atoms with van der Waals surface area (Å²) >= 11 is 0. The number of sulfonamides is 1. The van der Waals surface area contributed by atoms with E-state index in [0.29, 0.717) is 6.42 Å². The average molecular weight is 541 g/mol. The van der Waals surface area contributed by atoms with Gasteiger partial charge in [0.05, 0.1) is 17.1 Å². The number of hydrogen-bond donors (Lipinski definition) is 1. The Bertz CT molecular complexity index is 1390.